The van der Waals surface area contributed by atoms with Gasteiger partial charge in [0, 0.05) is 6.07 Å². The van der Waals surface area contributed by atoms with Crippen LogP contribution in [0.3, 0.4) is 0 Å². The van der Waals surface area contributed by atoms with Crippen molar-refractivity contribution in [1.82, 2.24) is 9.78 Å². The second-order valence-corrected chi connectivity index (χ2v) is 8.67. The minimum atomic E-state index is -0.544. The van der Waals surface area contributed by atoms with Gasteiger partial charge < -0.3 is 10.6 Å². The summed E-state index contributed by atoms with van der Waals surface area (Å²) in [5.74, 6) is -1.41. The van der Waals surface area contributed by atoms with E-state index in [0.717, 1.165) is 23.5 Å². The van der Waals surface area contributed by atoms with Gasteiger partial charge in [0.25, 0.3) is 11.8 Å². The number of halogens is 3. The lowest BCUT2D eigenvalue weighted by atomic mass is 10.2. The first kappa shape index (κ1) is 22.6. The number of rotatable bonds is 5. The molecule has 0 aliphatic heterocycles. The molecule has 4 aromatic rings. The number of hydrogen-bond donors (Lipinski definition) is 2. The monoisotopic (exact) mass is 486 g/mol. The van der Waals surface area contributed by atoms with E-state index in [0.29, 0.717) is 32.6 Å². The van der Waals surface area contributed by atoms with Crippen LogP contribution in [0.5, 0.6) is 0 Å². The van der Waals surface area contributed by atoms with E-state index < -0.39 is 11.7 Å². The van der Waals surface area contributed by atoms with Crippen LogP contribution in [-0.2, 0) is 0 Å². The van der Waals surface area contributed by atoms with Crippen LogP contribution in [-0.4, -0.2) is 21.6 Å². The van der Waals surface area contributed by atoms with Crippen LogP contribution in [0.25, 0.3) is 5.69 Å². The van der Waals surface area contributed by atoms with Crippen molar-refractivity contribution in [2.75, 3.05) is 10.6 Å². The fourth-order valence-electron chi connectivity index (χ4n) is 3.16. The summed E-state index contributed by atoms with van der Waals surface area (Å²) in [5, 5.41) is 10.3. The molecule has 0 radical (unpaired) electrons. The molecular formula is C23H17ClF2N4O2S. The molecule has 168 valence electrons. The molecule has 33 heavy (non-hydrogen) atoms. The number of carbonyl (C=O) groups excluding carboxylic acids is 2. The minimum absolute atomic E-state index is 0.0110. The van der Waals surface area contributed by atoms with E-state index in [1.165, 1.54) is 22.9 Å². The maximum atomic E-state index is 13.3. The number of nitrogens with one attached hydrogen (secondary N) is 2. The maximum absolute atomic E-state index is 13.3. The van der Waals surface area contributed by atoms with Gasteiger partial charge in [-0.15, -0.1) is 11.3 Å². The fraction of sp³-hybridized carbons (Fsp3) is 0.0870. The molecule has 2 heterocycles. The SMILES string of the molecule is Cc1cc(NC(=O)c2sc(NC(=O)c3ccc(F)cc3Cl)cc2C)n(-c2ccc(F)cc2)n1. The van der Waals surface area contributed by atoms with Gasteiger partial charge >= 0.3 is 0 Å². The smallest absolute Gasteiger partial charge is 0.267 e. The van der Waals surface area contributed by atoms with Crippen molar-refractivity contribution in [3.63, 3.8) is 0 Å². The largest absolute Gasteiger partial charge is 0.313 e. The Hall–Kier alpha value is -3.56. The zero-order valence-corrected chi connectivity index (χ0v) is 19.0. The third-order valence-corrected chi connectivity index (χ3v) is 6.14. The molecule has 0 bridgehead atoms. The molecule has 0 atom stereocenters. The summed E-state index contributed by atoms with van der Waals surface area (Å²) < 4.78 is 28.0. The fourth-order valence-corrected chi connectivity index (χ4v) is 4.38. The second-order valence-electron chi connectivity index (χ2n) is 7.21. The lowest BCUT2D eigenvalue weighted by Crippen LogP contribution is -2.15. The molecule has 2 amide bonds. The molecule has 0 saturated carbocycles. The maximum Gasteiger partial charge on any atom is 0.267 e. The van der Waals surface area contributed by atoms with Gasteiger partial charge in [-0.2, -0.15) is 5.10 Å². The normalized spacial score (nSPS) is 10.8. The molecule has 10 heteroatoms. The van der Waals surface area contributed by atoms with E-state index in [1.54, 1.807) is 38.1 Å². The summed E-state index contributed by atoms with van der Waals surface area (Å²) in [6, 6.07) is 12.6. The molecule has 0 unspecified atom stereocenters. The van der Waals surface area contributed by atoms with Gasteiger partial charge in [0.1, 0.15) is 17.5 Å². The van der Waals surface area contributed by atoms with Gasteiger partial charge in [0.05, 0.1) is 31.8 Å². The number of anilines is 2. The third kappa shape index (κ3) is 4.94. The molecule has 0 fully saturated rings. The molecule has 0 aliphatic rings. The molecule has 2 N–H and O–H groups in total. The predicted molar refractivity (Wildman–Crippen MR) is 125 cm³/mol. The zero-order valence-electron chi connectivity index (χ0n) is 17.4. The van der Waals surface area contributed by atoms with Gasteiger partial charge in [0.15, 0.2) is 0 Å². The Morgan fingerprint density at radius 1 is 0.939 bits per heavy atom. The van der Waals surface area contributed by atoms with Gasteiger partial charge in [-0.3, -0.25) is 9.59 Å². The molecule has 0 aliphatic carbocycles. The average molecular weight is 487 g/mol. The molecular weight excluding hydrogens is 470 g/mol. The number of hydrogen-bond acceptors (Lipinski definition) is 4. The Labute approximate surface area is 196 Å². The van der Waals surface area contributed by atoms with Gasteiger partial charge in [-0.05, 0) is 67.9 Å². The molecule has 6 nitrogen and oxygen atoms in total. The van der Waals surface area contributed by atoms with Crippen molar-refractivity contribution in [3.05, 3.63) is 93.0 Å². The highest BCUT2D eigenvalue weighted by Gasteiger charge is 2.19. The van der Waals surface area contributed by atoms with Gasteiger partial charge in [-0.25, -0.2) is 13.5 Å². The summed E-state index contributed by atoms with van der Waals surface area (Å²) >= 11 is 7.04. The third-order valence-electron chi connectivity index (χ3n) is 4.68. The first-order chi connectivity index (χ1) is 15.7. The highest BCUT2D eigenvalue weighted by Crippen LogP contribution is 2.29. The highest BCUT2D eigenvalue weighted by atomic mass is 35.5. The number of amides is 2. The number of carbonyl (C=O) groups is 2. The zero-order chi connectivity index (χ0) is 23.7. The summed E-state index contributed by atoms with van der Waals surface area (Å²) in [7, 11) is 0. The first-order valence-corrected chi connectivity index (χ1v) is 10.9. The topological polar surface area (TPSA) is 76.0 Å². The van der Waals surface area contributed by atoms with E-state index in [2.05, 4.69) is 15.7 Å². The van der Waals surface area contributed by atoms with Crippen molar-refractivity contribution in [1.29, 1.82) is 0 Å². The molecule has 4 rings (SSSR count). The average Bonchev–Trinajstić information content (AvgIpc) is 3.30. The van der Waals surface area contributed by atoms with Crippen LogP contribution in [0.15, 0.2) is 54.6 Å². The summed E-state index contributed by atoms with van der Waals surface area (Å²) in [6.07, 6.45) is 0. The number of thiophene rings is 1. The Balaban J connectivity index is 1.54. The Kier molecular flexibility index (Phi) is 6.26. The number of aryl methyl sites for hydroxylation is 2. The van der Waals surface area contributed by atoms with Crippen molar-refractivity contribution >= 4 is 45.6 Å². The predicted octanol–water partition coefficient (Wildman–Crippen LogP) is 5.99. The molecule has 0 spiro atoms. The van der Waals surface area contributed by atoms with Gasteiger partial charge in [-0.1, -0.05) is 11.6 Å². The Morgan fingerprint density at radius 2 is 1.64 bits per heavy atom. The van der Waals surface area contributed by atoms with Gasteiger partial charge in [0.2, 0.25) is 0 Å². The lowest BCUT2D eigenvalue weighted by molar-refractivity contribution is 0.101. The summed E-state index contributed by atoms with van der Waals surface area (Å²) in [6.45, 7) is 3.52. The lowest BCUT2D eigenvalue weighted by Gasteiger charge is -2.08. The van der Waals surface area contributed by atoms with Crippen molar-refractivity contribution in [2.45, 2.75) is 13.8 Å². The van der Waals surface area contributed by atoms with Crippen molar-refractivity contribution in [2.24, 2.45) is 0 Å². The summed E-state index contributed by atoms with van der Waals surface area (Å²) in [5.41, 5.74) is 2.03. The van der Waals surface area contributed by atoms with E-state index >= 15 is 0 Å². The number of aromatic nitrogens is 2. The van der Waals surface area contributed by atoms with E-state index in [9.17, 15) is 18.4 Å². The Bertz CT molecular complexity index is 1370. The Morgan fingerprint density at radius 3 is 2.33 bits per heavy atom. The first-order valence-electron chi connectivity index (χ1n) is 9.72. The summed E-state index contributed by atoms with van der Waals surface area (Å²) in [4.78, 5) is 25.9. The van der Waals surface area contributed by atoms with E-state index in [1.807, 2.05) is 0 Å². The van der Waals surface area contributed by atoms with Crippen molar-refractivity contribution in [3.8, 4) is 5.69 Å². The molecule has 2 aromatic heterocycles. The number of nitrogens with zero attached hydrogens (tertiary/aromatic N) is 2. The molecule has 0 saturated heterocycles. The van der Waals surface area contributed by atoms with Crippen LogP contribution >= 0.6 is 22.9 Å². The number of benzene rings is 2. The highest BCUT2D eigenvalue weighted by molar-refractivity contribution is 7.18. The van der Waals surface area contributed by atoms with Crippen LogP contribution < -0.4 is 10.6 Å². The standard InChI is InChI=1S/C23H17ClF2N4O2S/c1-12-9-20(28-22(31)17-8-5-15(26)11-18(17)24)33-21(12)23(32)27-19-10-13(2)29-30(19)16-6-3-14(25)4-7-16/h3-11H,1-2H3,(H,27,32)(H,28,31). The van der Waals surface area contributed by atoms with Crippen LogP contribution in [0, 0.1) is 25.5 Å². The van der Waals surface area contributed by atoms with Crippen LogP contribution in [0.4, 0.5) is 19.6 Å². The minimum Gasteiger partial charge on any atom is -0.313 e. The quantitative estimate of drug-likeness (QED) is 0.364. The van der Waals surface area contributed by atoms with Crippen LogP contribution in [0.2, 0.25) is 5.02 Å². The van der Waals surface area contributed by atoms with Crippen molar-refractivity contribution < 1.29 is 18.4 Å². The van der Waals surface area contributed by atoms with E-state index in [4.69, 9.17) is 11.6 Å². The van der Waals surface area contributed by atoms with Crippen LogP contribution in [0.1, 0.15) is 31.3 Å². The van der Waals surface area contributed by atoms with E-state index in [-0.39, 0.29) is 22.3 Å². The molecule has 2 aromatic carbocycles. The second kappa shape index (κ2) is 9.13.